The molecule has 0 unspecified atom stereocenters. The topological polar surface area (TPSA) is 81.4 Å². The molecule has 1 N–H and O–H groups in total. The molecule has 1 aliphatic rings. The minimum Gasteiger partial charge on any atom is -0.481 e. The Hall–Kier alpha value is -2.35. The van der Waals surface area contributed by atoms with E-state index in [0.717, 1.165) is 5.56 Å². The van der Waals surface area contributed by atoms with Crippen molar-refractivity contribution in [3.63, 3.8) is 0 Å². The van der Waals surface area contributed by atoms with E-state index in [-0.39, 0.29) is 18.2 Å². The van der Waals surface area contributed by atoms with Gasteiger partial charge in [0.15, 0.2) is 0 Å². The van der Waals surface area contributed by atoms with Crippen LogP contribution in [0.4, 0.5) is 0 Å². The average Bonchev–Trinajstić information content (AvgIpc) is 2.47. The number of rotatable bonds is 3. The highest BCUT2D eigenvalue weighted by Crippen LogP contribution is 2.19. The van der Waals surface area contributed by atoms with Crippen molar-refractivity contribution >= 4 is 11.9 Å². The number of aliphatic carboxylic acids is 1. The minimum absolute atomic E-state index is 0.0892. The molecule has 1 amide bonds. The molecule has 0 aliphatic carbocycles. The molecular weight excluding hydrogens is 256 g/mol. The van der Waals surface area contributed by atoms with Gasteiger partial charge in [-0.2, -0.15) is 5.26 Å². The summed E-state index contributed by atoms with van der Waals surface area (Å²) in [5.74, 6) is -1.22. The predicted molar refractivity (Wildman–Crippen MR) is 72.0 cm³/mol. The van der Waals surface area contributed by atoms with Gasteiger partial charge >= 0.3 is 5.97 Å². The largest absolute Gasteiger partial charge is 0.481 e. The molecule has 5 heteroatoms. The summed E-state index contributed by atoms with van der Waals surface area (Å²) in [5, 5.41) is 17.6. The Morgan fingerprint density at radius 2 is 2.05 bits per heavy atom. The Balaban J connectivity index is 2.04. The van der Waals surface area contributed by atoms with Gasteiger partial charge in [0.05, 0.1) is 18.4 Å². The van der Waals surface area contributed by atoms with Gasteiger partial charge in [0.1, 0.15) is 0 Å². The van der Waals surface area contributed by atoms with Crippen LogP contribution in [0.5, 0.6) is 0 Å². The second-order valence-corrected chi connectivity index (χ2v) is 4.94. The van der Waals surface area contributed by atoms with Gasteiger partial charge in [-0.05, 0) is 30.5 Å². The molecule has 104 valence electrons. The highest BCUT2D eigenvalue weighted by atomic mass is 16.4. The molecule has 1 heterocycles. The zero-order valence-corrected chi connectivity index (χ0v) is 11.1. The number of benzene rings is 1. The molecule has 0 atom stereocenters. The van der Waals surface area contributed by atoms with Crippen LogP contribution in [-0.2, 0) is 11.2 Å². The van der Waals surface area contributed by atoms with E-state index in [9.17, 15) is 9.59 Å². The van der Waals surface area contributed by atoms with Crippen molar-refractivity contribution in [1.29, 1.82) is 5.26 Å². The van der Waals surface area contributed by atoms with Crippen LogP contribution in [0.3, 0.4) is 0 Å². The lowest BCUT2D eigenvalue weighted by molar-refractivity contribution is -0.143. The number of amides is 1. The van der Waals surface area contributed by atoms with E-state index in [1.54, 1.807) is 23.1 Å². The number of nitrogens with zero attached hydrogens (tertiary/aromatic N) is 2. The molecular formula is C15H16N2O3. The summed E-state index contributed by atoms with van der Waals surface area (Å²) < 4.78 is 0. The summed E-state index contributed by atoms with van der Waals surface area (Å²) in [7, 11) is 0. The fourth-order valence-electron chi connectivity index (χ4n) is 2.42. The summed E-state index contributed by atoms with van der Waals surface area (Å²) in [6, 6.07) is 9.10. The van der Waals surface area contributed by atoms with E-state index in [4.69, 9.17) is 10.4 Å². The van der Waals surface area contributed by atoms with Crippen molar-refractivity contribution < 1.29 is 14.7 Å². The molecule has 0 saturated carbocycles. The van der Waals surface area contributed by atoms with Crippen LogP contribution in [0, 0.1) is 17.2 Å². The molecule has 0 bridgehead atoms. The highest BCUT2D eigenvalue weighted by Gasteiger charge is 2.27. The first-order chi connectivity index (χ1) is 9.61. The third kappa shape index (κ3) is 3.15. The summed E-state index contributed by atoms with van der Waals surface area (Å²) in [6.07, 6.45) is 1.28. The maximum absolute atomic E-state index is 12.3. The summed E-state index contributed by atoms with van der Waals surface area (Å²) in [5.41, 5.74) is 1.38. The normalized spacial score (nSPS) is 15.7. The standard InChI is InChI=1S/C15H16N2O3/c16-7-4-11-2-1-3-13(10-11)14(18)17-8-5-12(6-9-17)15(19)20/h1-3,10,12H,4-6,8-9H2,(H,19,20). The van der Waals surface area contributed by atoms with Crippen molar-refractivity contribution in [3.05, 3.63) is 35.4 Å². The number of nitriles is 1. The van der Waals surface area contributed by atoms with Gasteiger partial charge in [-0.3, -0.25) is 9.59 Å². The molecule has 1 fully saturated rings. The van der Waals surface area contributed by atoms with E-state index in [0.29, 0.717) is 31.5 Å². The molecule has 1 saturated heterocycles. The molecule has 2 rings (SSSR count). The lowest BCUT2D eigenvalue weighted by Crippen LogP contribution is -2.40. The van der Waals surface area contributed by atoms with Crippen molar-refractivity contribution in [2.24, 2.45) is 5.92 Å². The van der Waals surface area contributed by atoms with Crippen LogP contribution in [-0.4, -0.2) is 35.0 Å². The maximum Gasteiger partial charge on any atom is 0.306 e. The van der Waals surface area contributed by atoms with Gasteiger partial charge < -0.3 is 10.0 Å². The third-order valence-electron chi connectivity index (χ3n) is 3.59. The second-order valence-electron chi connectivity index (χ2n) is 4.94. The zero-order chi connectivity index (χ0) is 14.5. The summed E-state index contributed by atoms with van der Waals surface area (Å²) in [6.45, 7) is 0.941. The van der Waals surface area contributed by atoms with Gasteiger partial charge in [0.2, 0.25) is 0 Å². The number of piperidine rings is 1. The van der Waals surface area contributed by atoms with Gasteiger partial charge in [0, 0.05) is 18.7 Å². The Kier molecular flexibility index (Phi) is 4.36. The minimum atomic E-state index is -0.784. The molecule has 20 heavy (non-hydrogen) atoms. The average molecular weight is 272 g/mol. The molecule has 1 aliphatic heterocycles. The van der Waals surface area contributed by atoms with E-state index in [1.807, 2.05) is 6.07 Å². The number of carbonyl (C=O) groups is 2. The van der Waals surface area contributed by atoms with E-state index in [1.165, 1.54) is 0 Å². The fourth-order valence-corrected chi connectivity index (χ4v) is 2.42. The van der Waals surface area contributed by atoms with Crippen LogP contribution in [0.15, 0.2) is 24.3 Å². The monoisotopic (exact) mass is 272 g/mol. The SMILES string of the molecule is N#CCc1cccc(C(=O)N2CCC(C(=O)O)CC2)c1. The van der Waals surface area contributed by atoms with Gasteiger partial charge in [-0.1, -0.05) is 12.1 Å². The second kappa shape index (κ2) is 6.20. The lowest BCUT2D eigenvalue weighted by atomic mass is 9.96. The van der Waals surface area contributed by atoms with Gasteiger partial charge in [0.25, 0.3) is 5.91 Å². The maximum atomic E-state index is 12.3. The van der Waals surface area contributed by atoms with E-state index >= 15 is 0 Å². The zero-order valence-electron chi connectivity index (χ0n) is 11.1. The summed E-state index contributed by atoms with van der Waals surface area (Å²) >= 11 is 0. The number of likely N-dealkylation sites (tertiary alicyclic amines) is 1. The van der Waals surface area contributed by atoms with E-state index < -0.39 is 5.97 Å². The highest BCUT2D eigenvalue weighted by molar-refractivity contribution is 5.94. The third-order valence-corrected chi connectivity index (χ3v) is 3.59. The molecule has 1 aromatic carbocycles. The number of carbonyl (C=O) groups excluding carboxylic acids is 1. The van der Waals surface area contributed by atoms with Crippen LogP contribution >= 0.6 is 0 Å². The quantitative estimate of drug-likeness (QED) is 0.907. The van der Waals surface area contributed by atoms with Crippen molar-refractivity contribution in [1.82, 2.24) is 4.90 Å². The van der Waals surface area contributed by atoms with E-state index in [2.05, 4.69) is 6.07 Å². The van der Waals surface area contributed by atoms with Crippen LogP contribution in [0.25, 0.3) is 0 Å². The Morgan fingerprint density at radius 3 is 2.65 bits per heavy atom. The lowest BCUT2D eigenvalue weighted by Gasteiger charge is -2.30. The van der Waals surface area contributed by atoms with Crippen molar-refractivity contribution in [2.45, 2.75) is 19.3 Å². The Labute approximate surface area is 117 Å². The Morgan fingerprint density at radius 1 is 1.35 bits per heavy atom. The fraction of sp³-hybridized carbons (Fsp3) is 0.400. The van der Waals surface area contributed by atoms with Crippen LogP contribution in [0.1, 0.15) is 28.8 Å². The molecule has 0 aromatic heterocycles. The number of hydrogen-bond donors (Lipinski definition) is 1. The first-order valence-electron chi connectivity index (χ1n) is 6.60. The number of hydrogen-bond acceptors (Lipinski definition) is 3. The molecule has 0 spiro atoms. The van der Waals surface area contributed by atoms with Crippen LogP contribution < -0.4 is 0 Å². The smallest absolute Gasteiger partial charge is 0.306 e. The molecule has 1 aromatic rings. The Bertz CT molecular complexity index is 554. The van der Waals surface area contributed by atoms with Gasteiger partial charge in [-0.15, -0.1) is 0 Å². The molecule has 5 nitrogen and oxygen atoms in total. The first-order valence-corrected chi connectivity index (χ1v) is 6.60. The van der Waals surface area contributed by atoms with Crippen molar-refractivity contribution in [2.75, 3.05) is 13.1 Å². The summed E-state index contributed by atoms with van der Waals surface area (Å²) in [4.78, 5) is 24.9. The predicted octanol–water partition coefficient (Wildman–Crippen LogP) is 1.69. The van der Waals surface area contributed by atoms with Crippen LogP contribution in [0.2, 0.25) is 0 Å². The van der Waals surface area contributed by atoms with Crippen molar-refractivity contribution in [3.8, 4) is 6.07 Å². The molecule has 0 radical (unpaired) electrons. The van der Waals surface area contributed by atoms with Gasteiger partial charge in [-0.25, -0.2) is 0 Å². The number of carboxylic acid groups (broad SMARTS) is 1. The first kappa shape index (κ1) is 14.1. The number of carboxylic acids is 1.